The highest BCUT2D eigenvalue weighted by Crippen LogP contribution is 2.20. The van der Waals surface area contributed by atoms with Crippen molar-refractivity contribution in [3.63, 3.8) is 0 Å². The van der Waals surface area contributed by atoms with E-state index in [4.69, 9.17) is 4.74 Å². The Morgan fingerprint density at radius 2 is 2.39 bits per heavy atom. The standard InChI is InChI=1S/C12H16FNO4/c1-3-6-18-12(16)14-5-4-9(11(15)17-2)7-10(14)8-13/h3-4,10H,1,5-8H2,2H3/t10-/m0/s1. The molecule has 0 aromatic carbocycles. The molecule has 5 nitrogen and oxygen atoms in total. The Morgan fingerprint density at radius 3 is 2.94 bits per heavy atom. The van der Waals surface area contributed by atoms with E-state index in [0.29, 0.717) is 5.57 Å². The van der Waals surface area contributed by atoms with Gasteiger partial charge in [0.1, 0.15) is 13.3 Å². The average Bonchev–Trinajstić information content (AvgIpc) is 2.42. The van der Waals surface area contributed by atoms with Gasteiger partial charge in [-0.3, -0.25) is 4.90 Å². The highest BCUT2D eigenvalue weighted by molar-refractivity contribution is 5.89. The minimum atomic E-state index is -0.739. The highest BCUT2D eigenvalue weighted by atomic mass is 19.1. The van der Waals surface area contributed by atoms with Crippen LogP contribution in [0.3, 0.4) is 0 Å². The molecule has 1 heterocycles. The van der Waals surface area contributed by atoms with Gasteiger partial charge in [-0.2, -0.15) is 0 Å². The van der Waals surface area contributed by atoms with Crippen molar-refractivity contribution in [3.8, 4) is 0 Å². The molecule has 0 fully saturated rings. The van der Waals surface area contributed by atoms with E-state index in [0.717, 1.165) is 0 Å². The fourth-order valence-electron chi connectivity index (χ4n) is 1.68. The minimum Gasteiger partial charge on any atom is -0.466 e. The maximum atomic E-state index is 12.9. The Balaban J connectivity index is 2.71. The number of nitrogens with zero attached hydrogens (tertiary/aromatic N) is 1. The van der Waals surface area contributed by atoms with Crippen molar-refractivity contribution in [3.05, 3.63) is 24.3 Å². The lowest BCUT2D eigenvalue weighted by Gasteiger charge is -2.31. The number of methoxy groups -OCH3 is 1. The van der Waals surface area contributed by atoms with Gasteiger partial charge in [-0.05, 0) is 0 Å². The van der Waals surface area contributed by atoms with Gasteiger partial charge in [0.2, 0.25) is 0 Å². The van der Waals surface area contributed by atoms with Gasteiger partial charge >= 0.3 is 12.1 Å². The molecule has 1 rings (SSSR count). The van der Waals surface area contributed by atoms with Crippen LogP contribution in [0.2, 0.25) is 0 Å². The normalized spacial score (nSPS) is 18.9. The predicted octanol–water partition coefficient (Wildman–Crippen LogP) is 1.45. The second-order valence-electron chi connectivity index (χ2n) is 3.75. The molecule has 0 aliphatic carbocycles. The molecule has 1 amide bonds. The summed E-state index contributed by atoms with van der Waals surface area (Å²) < 4.78 is 22.3. The maximum absolute atomic E-state index is 12.9. The summed E-state index contributed by atoms with van der Waals surface area (Å²) in [6.45, 7) is 2.89. The Bertz CT molecular complexity index is 367. The van der Waals surface area contributed by atoms with Crippen LogP contribution in [0, 0.1) is 0 Å². The lowest BCUT2D eigenvalue weighted by molar-refractivity contribution is -0.136. The van der Waals surface area contributed by atoms with Crippen molar-refractivity contribution in [2.75, 3.05) is 26.9 Å². The number of carbonyl (C=O) groups is 2. The van der Waals surface area contributed by atoms with Crippen molar-refractivity contribution < 1.29 is 23.5 Å². The summed E-state index contributed by atoms with van der Waals surface area (Å²) in [5, 5.41) is 0. The zero-order valence-electron chi connectivity index (χ0n) is 10.2. The zero-order valence-corrected chi connectivity index (χ0v) is 10.2. The van der Waals surface area contributed by atoms with E-state index in [1.54, 1.807) is 6.08 Å². The first kappa shape index (κ1) is 14.2. The lowest BCUT2D eigenvalue weighted by atomic mass is 10.0. The Morgan fingerprint density at radius 1 is 1.67 bits per heavy atom. The Kier molecular flexibility index (Phi) is 5.35. The molecule has 0 saturated heterocycles. The topological polar surface area (TPSA) is 55.8 Å². The first-order chi connectivity index (χ1) is 8.63. The first-order valence-corrected chi connectivity index (χ1v) is 5.51. The van der Waals surface area contributed by atoms with E-state index in [1.165, 1.54) is 18.1 Å². The molecule has 1 aliphatic heterocycles. The van der Waals surface area contributed by atoms with E-state index in [9.17, 15) is 14.0 Å². The number of ether oxygens (including phenoxy) is 2. The van der Waals surface area contributed by atoms with Crippen LogP contribution in [-0.4, -0.2) is 49.9 Å². The van der Waals surface area contributed by atoms with Gasteiger partial charge in [-0.1, -0.05) is 18.7 Å². The largest absolute Gasteiger partial charge is 0.466 e. The van der Waals surface area contributed by atoms with E-state index in [2.05, 4.69) is 11.3 Å². The van der Waals surface area contributed by atoms with Crippen LogP contribution in [0.5, 0.6) is 0 Å². The molecule has 18 heavy (non-hydrogen) atoms. The number of carbonyl (C=O) groups excluding carboxylic acids is 2. The van der Waals surface area contributed by atoms with Crippen molar-refractivity contribution in [2.45, 2.75) is 12.5 Å². The van der Waals surface area contributed by atoms with Gasteiger partial charge in [0.25, 0.3) is 0 Å². The van der Waals surface area contributed by atoms with Gasteiger partial charge < -0.3 is 9.47 Å². The fourth-order valence-corrected chi connectivity index (χ4v) is 1.68. The van der Waals surface area contributed by atoms with Crippen molar-refractivity contribution in [1.29, 1.82) is 0 Å². The summed E-state index contributed by atoms with van der Waals surface area (Å²) in [6.07, 6.45) is 2.50. The van der Waals surface area contributed by atoms with E-state index in [1.807, 2.05) is 0 Å². The molecule has 0 aromatic heterocycles. The summed E-state index contributed by atoms with van der Waals surface area (Å²) in [4.78, 5) is 24.2. The monoisotopic (exact) mass is 257 g/mol. The van der Waals surface area contributed by atoms with Crippen LogP contribution < -0.4 is 0 Å². The Labute approximate surface area is 105 Å². The van der Waals surface area contributed by atoms with Gasteiger partial charge in [0.05, 0.1) is 13.2 Å². The molecule has 100 valence electrons. The van der Waals surface area contributed by atoms with Crippen molar-refractivity contribution in [1.82, 2.24) is 4.90 Å². The minimum absolute atomic E-state index is 0.0713. The molecule has 1 aliphatic rings. The number of alkyl halides is 1. The molecule has 0 aromatic rings. The summed E-state index contributed by atoms with van der Waals surface area (Å²) in [6, 6.07) is -0.693. The molecule has 0 saturated carbocycles. The molecular weight excluding hydrogens is 241 g/mol. The zero-order chi connectivity index (χ0) is 13.5. The lowest BCUT2D eigenvalue weighted by Crippen LogP contribution is -2.45. The second-order valence-corrected chi connectivity index (χ2v) is 3.75. The van der Waals surface area contributed by atoms with Crippen molar-refractivity contribution in [2.24, 2.45) is 0 Å². The second kappa shape index (κ2) is 6.78. The molecule has 0 unspecified atom stereocenters. The van der Waals surface area contributed by atoms with Gasteiger partial charge in [-0.25, -0.2) is 14.0 Å². The van der Waals surface area contributed by atoms with E-state index < -0.39 is 24.8 Å². The van der Waals surface area contributed by atoms with Crippen LogP contribution >= 0.6 is 0 Å². The van der Waals surface area contributed by atoms with Crippen LogP contribution in [-0.2, 0) is 14.3 Å². The summed E-state index contributed by atoms with van der Waals surface area (Å²) in [7, 11) is 1.26. The number of halogens is 1. The third kappa shape index (κ3) is 3.32. The third-order valence-electron chi connectivity index (χ3n) is 2.62. The molecular formula is C12H16FNO4. The number of hydrogen-bond acceptors (Lipinski definition) is 4. The molecule has 6 heteroatoms. The quantitative estimate of drug-likeness (QED) is 0.565. The third-order valence-corrected chi connectivity index (χ3v) is 2.62. The van der Waals surface area contributed by atoms with Crippen LogP contribution in [0.15, 0.2) is 24.3 Å². The SMILES string of the molecule is C=CCOC(=O)N1CC=C(C(=O)OC)C[C@H]1CF. The summed E-state index contributed by atoms with van der Waals surface area (Å²) in [5.41, 5.74) is 0.382. The highest BCUT2D eigenvalue weighted by Gasteiger charge is 2.30. The molecule has 0 N–H and O–H groups in total. The molecule has 0 bridgehead atoms. The predicted molar refractivity (Wildman–Crippen MR) is 62.7 cm³/mol. The number of hydrogen-bond donors (Lipinski definition) is 0. The first-order valence-electron chi connectivity index (χ1n) is 5.51. The van der Waals surface area contributed by atoms with E-state index >= 15 is 0 Å². The van der Waals surface area contributed by atoms with Crippen LogP contribution in [0.1, 0.15) is 6.42 Å². The number of rotatable bonds is 4. The van der Waals surface area contributed by atoms with Crippen LogP contribution in [0.25, 0.3) is 0 Å². The molecule has 1 atom stereocenters. The van der Waals surface area contributed by atoms with Gasteiger partial charge in [-0.15, -0.1) is 0 Å². The number of amides is 1. The number of esters is 1. The fraction of sp³-hybridized carbons (Fsp3) is 0.500. The average molecular weight is 257 g/mol. The summed E-state index contributed by atoms with van der Waals surface area (Å²) in [5.74, 6) is -0.493. The smallest absolute Gasteiger partial charge is 0.410 e. The van der Waals surface area contributed by atoms with Crippen LogP contribution in [0.4, 0.5) is 9.18 Å². The maximum Gasteiger partial charge on any atom is 0.410 e. The Hall–Kier alpha value is -1.85. The molecule has 0 spiro atoms. The van der Waals surface area contributed by atoms with Crippen molar-refractivity contribution >= 4 is 12.1 Å². The summed E-state index contributed by atoms with van der Waals surface area (Å²) >= 11 is 0. The molecule has 0 radical (unpaired) electrons. The van der Waals surface area contributed by atoms with Gasteiger partial charge in [0.15, 0.2) is 0 Å². The van der Waals surface area contributed by atoms with E-state index in [-0.39, 0.29) is 19.6 Å². The van der Waals surface area contributed by atoms with Gasteiger partial charge in [0, 0.05) is 18.5 Å².